The molecule has 6 rings (SSSR count). The molecule has 0 spiro atoms. The van der Waals surface area contributed by atoms with Crippen LogP contribution < -0.4 is 15.7 Å². The summed E-state index contributed by atoms with van der Waals surface area (Å²) in [6, 6.07) is 30.1. The minimum atomic E-state index is -3.59. The molecule has 1 amide bonds. The van der Waals surface area contributed by atoms with Crippen LogP contribution in [0.25, 0.3) is 16.8 Å². The number of anilines is 2. The molecule has 2 saturated heterocycles. The molecule has 4 aromatic carbocycles. The molecule has 4 aromatic rings. The summed E-state index contributed by atoms with van der Waals surface area (Å²) in [7, 11) is -3.59. The van der Waals surface area contributed by atoms with Crippen LogP contribution in [0.4, 0.5) is 11.4 Å². The van der Waals surface area contributed by atoms with Crippen molar-refractivity contribution in [3.8, 4) is 0 Å². The van der Waals surface area contributed by atoms with Crippen LogP contribution in [0.3, 0.4) is 0 Å². The molecule has 2 heterocycles. The van der Waals surface area contributed by atoms with E-state index in [1.165, 1.54) is 0 Å². The summed E-state index contributed by atoms with van der Waals surface area (Å²) in [5.41, 5.74) is 5.53. The predicted molar refractivity (Wildman–Crippen MR) is 172 cm³/mol. The van der Waals surface area contributed by atoms with Crippen molar-refractivity contribution >= 4 is 44.2 Å². The second-order valence-corrected chi connectivity index (χ2v) is 12.8. The number of carbonyl (C=O) groups is 1. The smallest absolute Gasteiger partial charge is 0.274 e. The average Bonchev–Trinajstić information content (AvgIpc) is 3.07. The molecular weight excluding hydrogens is 576 g/mol. The molecule has 2 aliphatic rings. The third kappa shape index (κ3) is 7.11. The molecule has 0 saturated carbocycles. The van der Waals surface area contributed by atoms with Gasteiger partial charge in [-0.2, -0.15) is 4.31 Å². The largest absolute Gasteiger partial charge is 0.369 e. The van der Waals surface area contributed by atoms with Crippen molar-refractivity contribution in [2.45, 2.75) is 30.4 Å². The number of rotatable bonds is 9. The highest BCUT2D eigenvalue weighted by molar-refractivity contribution is 7.89. The highest BCUT2D eigenvalue weighted by Crippen LogP contribution is 2.25. The van der Waals surface area contributed by atoms with Gasteiger partial charge < -0.3 is 15.0 Å². The molecule has 44 heavy (non-hydrogen) atoms. The van der Waals surface area contributed by atoms with Crippen LogP contribution >= 0.6 is 0 Å². The van der Waals surface area contributed by atoms with Crippen molar-refractivity contribution < 1.29 is 22.8 Å². The molecule has 1 unspecified atom stereocenters. The van der Waals surface area contributed by atoms with Crippen molar-refractivity contribution in [3.63, 3.8) is 0 Å². The maximum absolute atomic E-state index is 13.4. The van der Waals surface area contributed by atoms with E-state index in [0.717, 1.165) is 41.3 Å². The fraction of sp³-hybridized carbons (Fsp3) is 0.265. The van der Waals surface area contributed by atoms with Crippen molar-refractivity contribution in [2.75, 3.05) is 43.0 Å². The van der Waals surface area contributed by atoms with Gasteiger partial charge in [-0.05, 0) is 71.7 Å². The summed E-state index contributed by atoms with van der Waals surface area (Å²) >= 11 is 0. The molecule has 2 N–H and O–H groups in total. The van der Waals surface area contributed by atoms with Gasteiger partial charge in [-0.3, -0.25) is 10.3 Å². The number of piperazine rings is 1. The number of nitrogens with zero attached hydrogens (tertiary/aromatic N) is 2. The normalized spacial score (nSPS) is 18.2. The summed E-state index contributed by atoms with van der Waals surface area (Å²) in [4.78, 5) is 21.4. The monoisotopic (exact) mass is 612 g/mol. The quantitative estimate of drug-likeness (QED) is 0.193. The lowest BCUT2D eigenvalue weighted by Gasteiger charge is -2.35. The van der Waals surface area contributed by atoms with Gasteiger partial charge in [0.1, 0.15) is 5.70 Å². The Morgan fingerprint density at radius 3 is 2.30 bits per heavy atom. The molecular formula is C34H36N4O5S. The fourth-order valence-corrected chi connectivity index (χ4v) is 6.87. The van der Waals surface area contributed by atoms with E-state index in [1.54, 1.807) is 22.5 Å². The standard InChI is InChI=1S/C34H36N4O5S/c39-34(32(24-26-8-2-1-3-9-26)36-43-33-12-6-7-23-42-33)35-29-14-16-30(17-15-29)37-19-21-38(22-20-37)44(40,41)31-18-13-27-10-4-5-11-28(27)25-31/h1-5,8-11,13-18,24-25,33,36H,6-7,12,19-23H2,(H,35,39)/b32-24-. The summed E-state index contributed by atoms with van der Waals surface area (Å²) in [6.45, 7) is 2.53. The first kappa shape index (κ1) is 29.8. The minimum absolute atomic E-state index is 0.262. The Kier molecular flexibility index (Phi) is 9.23. The molecule has 228 valence electrons. The second kappa shape index (κ2) is 13.6. The third-order valence-electron chi connectivity index (χ3n) is 7.88. The van der Waals surface area contributed by atoms with E-state index in [4.69, 9.17) is 9.57 Å². The first-order chi connectivity index (χ1) is 21.5. The zero-order chi connectivity index (χ0) is 30.4. The summed E-state index contributed by atoms with van der Waals surface area (Å²) in [5.74, 6) is -0.343. The third-order valence-corrected chi connectivity index (χ3v) is 9.78. The van der Waals surface area contributed by atoms with Crippen molar-refractivity contribution in [1.29, 1.82) is 0 Å². The zero-order valence-corrected chi connectivity index (χ0v) is 25.2. The molecule has 0 aliphatic carbocycles. The van der Waals surface area contributed by atoms with Gasteiger partial charge in [-0.15, -0.1) is 0 Å². The van der Waals surface area contributed by atoms with E-state index in [1.807, 2.05) is 84.9 Å². The van der Waals surface area contributed by atoms with E-state index < -0.39 is 16.3 Å². The molecule has 0 aromatic heterocycles. The highest BCUT2D eigenvalue weighted by Gasteiger charge is 2.29. The van der Waals surface area contributed by atoms with E-state index in [9.17, 15) is 13.2 Å². The highest BCUT2D eigenvalue weighted by atomic mass is 32.2. The summed E-state index contributed by atoms with van der Waals surface area (Å²) in [5, 5.41) is 4.86. The van der Waals surface area contributed by atoms with Crippen LogP contribution in [0.1, 0.15) is 24.8 Å². The maximum Gasteiger partial charge on any atom is 0.274 e. The van der Waals surface area contributed by atoms with Gasteiger partial charge in [0.25, 0.3) is 5.91 Å². The van der Waals surface area contributed by atoms with E-state index in [0.29, 0.717) is 43.4 Å². The Morgan fingerprint density at radius 2 is 1.57 bits per heavy atom. The number of sulfonamides is 1. The van der Waals surface area contributed by atoms with Gasteiger partial charge in [-0.1, -0.05) is 60.7 Å². The SMILES string of the molecule is O=C(Nc1ccc(N2CCN(S(=O)(=O)c3ccc4ccccc4c3)CC2)cc1)/C(=C/c1ccccc1)NOC1CCCCO1. The Bertz CT molecular complexity index is 1710. The molecule has 0 radical (unpaired) electrons. The lowest BCUT2D eigenvalue weighted by molar-refractivity contribution is -0.190. The Morgan fingerprint density at radius 1 is 0.841 bits per heavy atom. The first-order valence-electron chi connectivity index (χ1n) is 14.9. The van der Waals surface area contributed by atoms with Crippen molar-refractivity contribution in [2.24, 2.45) is 0 Å². The Balaban J connectivity index is 1.07. The number of nitrogens with one attached hydrogen (secondary N) is 2. The van der Waals surface area contributed by atoms with Gasteiger partial charge in [0.15, 0.2) is 6.29 Å². The Labute approximate surface area is 258 Å². The van der Waals surface area contributed by atoms with Crippen molar-refractivity contribution in [3.05, 3.63) is 108 Å². The fourth-order valence-electron chi connectivity index (χ4n) is 5.41. The van der Waals surface area contributed by atoms with Gasteiger partial charge in [0.2, 0.25) is 10.0 Å². The van der Waals surface area contributed by atoms with Crippen LogP contribution in [-0.2, 0) is 24.4 Å². The maximum atomic E-state index is 13.4. The molecule has 10 heteroatoms. The molecule has 1 atom stereocenters. The second-order valence-electron chi connectivity index (χ2n) is 10.9. The van der Waals surface area contributed by atoms with Crippen LogP contribution in [0, 0.1) is 0 Å². The van der Waals surface area contributed by atoms with Gasteiger partial charge >= 0.3 is 0 Å². The van der Waals surface area contributed by atoms with Gasteiger partial charge in [0, 0.05) is 50.6 Å². The molecule has 0 bridgehead atoms. The molecule has 2 aliphatic heterocycles. The number of carbonyl (C=O) groups excluding carboxylic acids is 1. The van der Waals surface area contributed by atoms with Gasteiger partial charge in [-0.25, -0.2) is 13.3 Å². The van der Waals surface area contributed by atoms with E-state index >= 15 is 0 Å². The topological polar surface area (TPSA) is 100 Å². The number of benzene rings is 4. The van der Waals surface area contributed by atoms with Crippen LogP contribution in [0.2, 0.25) is 0 Å². The molecule has 9 nitrogen and oxygen atoms in total. The van der Waals surface area contributed by atoms with E-state index in [2.05, 4.69) is 15.7 Å². The summed E-state index contributed by atoms with van der Waals surface area (Å²) in [6.07, 6.45) is 4.11. The number of fused-ring (bicyclic) bond motifs is 1. The van der Waals surface area contributed by atoms with Crippen LogP contribution in [0.5, 0.6) is 0 Å². The number of hydroxylamine groups is 1. The minimum Gasteiger partial charge on any atom is -0.369 e. The van der Waals surface area contributed by atoms with Crippen molar-refractivity contribution in [1.82, 2.24) is 9.79 Å². The Hall–Kier alpha value is -4.22. The number of ether oxygens (including phenoxy) is 1. The lowest BCUT2D eigenvalue weighted by Crippen LogP contribution is -2.48. The van der Waals surface area contributed by atoms with Gasteiger partial charge in [0.05, 0.1) is 4.90 Å². The number of hydrogen-bond donors (Lipinski definition) is 2. The van der Waals surface area contributed by atoms with Crippen LogP contribution in [0.15, 0.2) is 108 Å². The lowest BCUT2D eigenvalue weighted by atomic mass is 10.1. The average molecular weight is 613 g/mol. The zero-order valence-electron chi connectivity index (χ0n) is 24.4. The predicted octanol–water partition coefficient (Wildman–Crippen LogP) is 5.38. The first-order valence-corrected chi connectivity index (χ1v) is 16.3. The van der Waals surface area contributed by atoms with Crippen LogP contribution in [-0.4, -0.2) is 57.7 Å². The molecule has 2 fully saturated rings. The van der Waals surface area contributed by atoms with E-state index in [-0.39, 0.29) is 11.6 Å². The number of hydrogen-bond acceptors (Lipinski definition) is 7. The summed E-state index contributed by atoms with van der Waals surface area (Å²) < 4.78 is 33.9. The number of amides is 1.